The zero-order valence-corrected chi connectivity index (χ0v) is 12.7. The SMILES string of the molecule is CCCNC(=O)C1CCN(Cc2nc(C3CC3)no2)CC1. The molecule has 1 amide bonds. The highest BCUT2D eigenvalue weighted by Crippen LogP contribution is 2.38. The summed E-state index contributed by atoms with van der Waals surface area (Å²) in [6.45, 7) is 5.41. The van der Waals surface area contributed by atoms with Gasteiger partial charge in [0.1, 0.15) is 0 Å². The first kappa shape index (κ1) is 14.5. The van der Waals surface area contributed by atoms with Crippen LogP contribution in [-0.2, 0) is 11.3 Å². The fourth-order valence-corrected chi connectivity index (χ4v) is 2.78. The summed E-state index contributed by atoms with van der Waals surface area (Å²) in [4.78, 5) is 18.7. The van der Waals surface area contributed by atoms with Crippen LogP contribution in [-0.4, -0.2) is 40.6 Å². The normalized spacial score (nSPS) is 20.6. The topological polar surface area (TPSA) is 71.3 Å². The second kappa shape index (κ2) is 6.56. The van der Waals surface area contributed by atoms with E-state index in [-0.39, 0.29) is 11.8 Å². The molecule has 116 valence electrons. The van der Waals surface area contributed by atoms with E-state index in [4.69, 9.17) is 4.52 Å². The number of hydrogen-bond donors (Lipinski definition) is 1. The van der Waals surface area contributed by atoms with Crippen LogP contribution in [0.3, 0.4) is 0 Å². The van der Waals surface area contributed by atoms with Crippen LogP contribution in [0.5, 0.6) is 0 Å². The molecule has 2 fully saturated rings. The van der Waals surface area contributed by atoms with Crippen LogP contribution in [0.4, 0.5) is 0 Å². The van der Waals surface area contributed by atoms with Gasteiger partial charge in [-0.3, -0.25) is 9.69 Å². The highest BCUT2D eigenvalue weighted by Gasteiger charge is 2.30. The molecule has 0 radical (unpaired) electrons. The highest BCUT2D eigenvalue weighted by atomic mass is 16.5. The zero-order chi connectivity index (χ0) is 14.7. The number of nitrogens with zero attached hydrogens (tertiary/aromatic N) is 3. The second-order valence-electron chi connectivity index (χ2n) is 6.16. The molecule has 6 heteroatoms. The molecule has 1 aliphatic heterocycles. The molecule has 1 aromatic heterocycles. The fourth-order valence-electron chi connectivity index (χ4n) is 2.78. The number of rotatable bonds is 6. The van der Waals surface area contributed by atoms with Gasteiger partial charge in [-0.2, -0.15) is 4.98 Å². The average molecular weight is 292 g/mol. The van der Waals surface area contributed by atoms with Crippen molar-refractivity contribution in [3.63, 3.8) is 0 Å². The third-order valence-corrected chi connectivity index (χ3v) is 4.29. The molecule has 1 N–H and O–H groups in total. The Hall–Kier alpha value is -1.43. The molecule has 1 aromatic rings. The van der Waals surface area contributed by atoms with E-state index in [1.807, 2.05) is 0 Å². The third-order valence-electron chi connectivity index (χ3n) is 4.29. The lowest BCUT2D eigenvalue weighted by Gasteiger charge is -2.30. The number of likely N-dealkylation sites (tertiary alicyclic amines) is 1. The second-order valence-corrected chi connectivity index (χ2v) is 6.16. The van der Waals surface area contributed by atoms with Gasteiger partial charge in [-0.05, 0) is 45.2 Å². The standard InChI is InChI=1S/C15H24N4O2/c1-2-7-16-15(20)12-5-8-19(9-6-12)10-13-17-14(18-21-13)11-3-4-11/h11-12H,2-10H2,1H3,(H,16,20). The Labute approximate surface area is 125 Å². The van der Waals surface area contributed by atoms with Gasteiger partial charge in [-0.1, -0.05) is 12.1 Å². The minimum Gasteiger partial charge on any atom is -0.356 e. The summed E-state index contributed by atoms with van der Waals surface area (Å²) in [7, 11) is 0. The highest BCUT2D eigenvalue weighted by molar-refractivity contribution is 5.78. The van der Waals surface area contributed by atoms with Crippen molar-refractivity contribution in [3.05, 3.63) is 11.7 Å². The van der Waals surface area contributed by atoms with E-state index in [9.17, 15) is 4.79 Å². The van der Waals surface area contributed by atoms with Crippen LogP contribution in [0.2, 0.25) is 0 Å². The minimum absolute atomic E-state index is 0.164. The first-order valence-corrected chi connectivity index (χ1v) is 8.08. The molecule has 2 aliphatic rings. The number of carbonyl (C=O) groups is 1. The van der Waals surface area contributed by atoms with Crippen molar-refractivity contribution in [1.29, 1.82) is 0 Å². The van der Waals surface area contributed by atoms with Crippen LogP contribution in [0.15, 0.2) is 4.52 Å². The van der Waals surface area contributed by atoms with Crippen molar-refractivity contribution >= 4 is 5.91 Å². The summed E-state index contributed by atoms with van der Waals surface area (Å²) in [5.41, 5.74) is 0. The van der Waals surface area contributed by atoms with E-state index >= 15 is 0 Å². The van der Waals surface area contributed by atoms with Crippen LogP contribution < -0.4 is 5.32 Å². The molecule has 0 aromatic carbocycles. The molecular weight excluding hydrogens is 268 g/mol. The predicted octanol–water partition coefficient (Wildman–Crippen LogP) is 1.69. The quantitative estimate of drug-likeness (QED) is 0.864. The maximum atomic E-state index is 11.9. The molecule has 0 bridgehead atoms. The Balaban J connectivity index is 1.43. The van der Waals surface area contributed by atoms with Crippen LogP contribution in [0, 0.1) is 5.92 Å². The monoisotopic (exact) mass is 292 g/mol. The number of nitrogens with one attached hydrogen (secondary N) is 1. The lowest BCUT2D eigenvalue weighted by molar-refractivity contribution is -0.126. The number of amides is 1. The van der Waals surface area contributed by atoms with E-state index in [0.29, 0.717) is 18.4 Å². The Morgan fingerprint density at radius 3 is 2.76 bits per heavy atom. The fraction of sp³-hybridized carbons (Fsp3) is 0.800. The van der Waals surface area contributed by atoms with Crippen molar-refractivity contribution in [2.45, 2.75) is 51.5 Å². The van der Waals surface area contributed by atoms with Gasteiger partial charge >= 0.3 is 0 Å². The van der Waals surface area contributed by atoms with Crippen molar-refractivity contribution in [3.8, 4) is 0 Å². The molecular formula is C15H24N4O2. The molecule has 1 aliphatic carbocycles. The van der Waals surface area contributed by atoms with Gasteiger partial charge in [0.05, 0.1) is 6.54 Å². The molecule has 6 nitrogen and oxygen atoms in total. The molecule has 3 rings (SSSR count). The van der Waals surface area contributed by atoms with Crippen molar-refractivity contribution in [1.82, 2.24) is 20.4 Å². The smallest absolute Gasteiger partial charge is 0.240 e. The van der Waals surface area contributed by atoms with Crippen molar-refractivity contribution < 1.29 is 9.32 Å². The van der Waals surface area contributed by atoms with Gasteiger partial charge in [0.25, 0.3) is 0 Å². The van der Waals surface area contributed by atoms with Gasteiger partial charge in [0, 0.05) is 18.4 Å². The lowest BCUT2D eigenvalue weighted by Crippen LogP contribution is -2.40. The molecule has 2 heterocycles. The van der Waals surface area contributed by atoms with Gasteiger partial charge in [0.2, 0.25) is 11.8 Å². The number of carbonyl (C=O) groups excluding carboxylic acids is 1. The Morgan fingerprint density at radius 2 is 2.10 bits per heavy atom. The van der Waals surface area contributed by atoms with E-state index in [1.54, 1.807) is 0 Å². The van der Waals surface area contributed by atoms with Gasteiger partial charge in [-0.15, -0.1) is 0 Å². The molecule has 0 spiro atoms. The minimum atomic E-state index is 0.164. The predicted molar refractivity (Wildman–Crippen MR) is 77.6 cm³/mol. The number of hydrogen-bond acceptors (Lipinski definition) is 5. The van der Waals surface area contributed by atoms with Gasteiger partial charge in [-0.25, -0.2) is 0 Å². The molecule has 0 atom stereocenters. The molecule has 1 saturated carbocycles. The maximum absolute atomic E-state index is 11.9. The summed E-state index contributed by atoms with van der Waals surface area (Å²) < 4.78 is 5.31. The Morgan fingerprint density at radius 1 is 1.33 bits per heavy atom. The first-order chi connectivity index (χ1) is 10.3. The van der Waals surface area contributed by atoms with Crippen LogP contribution in [0.1, 0.15) is 56.7 Å². The van der Waals surface area contributed by atoms with E-state index < -0.39 is 0 Å². The summed E-state index contributed by atoms with van der Waals surface area (Å²) in [6.07, 6.45) is 5.21. The first-order valence-electron chi connectivity index (χ1n) is 8.08. The Kier molecular flexibility index (Phi) is 4.53. The van der Waals surface area contributed by atoms with E-state index in [2.05, 4.69) is 27.3 Å². The maximum Gasteiger partial charge on any atom is 0.240 e. The molecule has 21 heavy (non-hydrogen) atoms. The summed E-state index contributed by atoms with van der Waals surface area (Å²) in [5, 5.41) is 7.03. The van der Waals surface area contributed by atoms with Gasteiger partial charge < -0.3 is 9.84 Å². The third kappa shape index (κ3) is 3.81. The van der Waals surface area contributed by atoms with Gasteiger partial charge in [0.15, 0.2) is 5.82 Å². The van der Waals surface area contributed by atoms with Crippen molar-refractivity contribution in [2.75, 3.05) is 19.6 Å². The summed E-state index contributed by atoms with van der Waals surface area (Å²) in [5.74, 6) is 2.50. The van der Waals surface area contributed by atoms with E-state index in [0.717, 1.165) is 44.7 Å². The van der Waals surface area contributed by atoms with E-state index in [1.165, 1.54) is 12.8 Å². The van der Waals surface area contributed by atoms with Crippen LogP contribution in [0.25, 0.3) is 0 Å². The Bertz CT molecular complexity index is 476. The lowest BCUT2D eigenvalue weighted by atomic mass is 9.96. The van der Waals surface area contributed by atoms with Crippen molar-refractivity contribution in [2.24, 2.45) is 5.92 Å². The summed E-state index contributed by atoms with van der Waals surface area (Å²) >= 11 is 0. The largest absolute Gasteiger partial charge is 0.356 e. The zero-order valence-electron chi connectivity index (χ0n) is 12.7. The molecule has 1 saturated heterocycles. The average Bonchev–Trinajstić information content (AvgIpc) is 3.26. The summed E-state index contributed by atoms with van der Waals surface area (Å²) in [6, 6.07) is 0. The number of piperidine rings is 1. The van der Waals surface area contributed by atoms with Crippen LogP contribution >= 0.6 is 0 Å². The number of aromatic nitrogens is 2. The molecule has 0 unspecified atom stereocenters.